The number of aryl methyl sites for hydroxylation is 2. The molecular formula is C16H14F3NO2S. The smallest absolute Gasteiger partial charge is 0.279 e. The standard InChI is InChI=1S/C16H14F3NO2S/c17-16(18,19)14-6-1-2-7-15(14)20-23(21,22)13-9-8-11-4-3-5-12(11)10-13/h1-2,6-10,20H,3-5H2. The fourth-order valence-corrected chi connectivity index (χ4v) is 3.87. The molecule has 2 aromatic rings. The molecule has 1 aliphatic carbocycles. The lowest BCUT2D eigenvalue weighted by Gasteiger charge is -2.15. The van der Waals surface area contributed by atoms with Crippen molar-refractivity contribution < 1.29 is 21.6 Å². The van der Waals surface area contributed by atoms with Crippen molar-refractivity contribution in [1.82, 2.24) is 0 Å². The average Bonchev–Trinajstić information content (AvgIpc) is 2.93. The Morgan fingerprint density at radius 2 is 1.65 bits per heavy atom. The van der Waals surface area contributed by atoms with E-state index in [1.807, 2.05) is 0 Å². The molecule has 0 bridgehead atoms. The molecule has 122 valence electrons. The molecule has 3 nitrogen and oxygen atoms in total. The maximum Gasteiger partial charge on any atom is 0.418 e. The summed E-state index contributed by atoms with van der Waals surface area (Å²) in [7, 11) is -4.07. The van der Waals surface area contributed by atoms with Gasteiger partial charge in [-0.15, -0.1) is 0 Å². The van der Waals surface area contributed by atoms with E-state index in [9.17, 15) is 21.6 Å². The van der Waals surface area contributed by atoms with Crippen LogP contribution in [0.3, 0.4) is 0 Å². The maximum atomic E-state index is 13.0. The summed E-state index contributed by atoms with van der Waals surface area (Å²) in [6.45, 7) is 0. The summed E-state index contributed by atoms with van der Waals surface area (Å²) in [6.07, 6.45) is -1.97. The summed E-state index contributed by atoms with van der Waals surface area (Å²) in [5.41, 5.74) is 0.557. The number of rotatable bonds is 3. The first-order valence-corrected chi connectivity index (χ1v) is 8.56. The number of fused-ring (bicyclic) bond motifs is 1. The van der Waals surface area contributed by atoms with Gasteiger partial charge in [0.25, 0.3) is 10.0 Å². The molecule has 1 N–H and O–H groups in total. The molecule has 3 rings (SSSR count). The molecule has 0 fully saturated rings. The molecule has 0 radical (unpaired) electrons. The normalized spacial score (nSPS) is 14.6. The lowest BCUT2D eigenvalue weighted by atomic mass is 10.1. The molecule has 0 heterocycles. The predicted octanol–water partition coefficient (Wildman–Crippen LogP) is 3.99. The van der Waals surface area contributed by atoms with Crippen molar-refractivity contribution in [3.8, 4) is 0 Å². The van der Waals surface area contributed by atoms with Crippen molar-refractivity contribution in [1.29, 1.82) is 0 Å². The molecule has 0 saturated carbocycles. The van der Waals surface area contributed by atoms with E-state index in [0.717, 1.165) is 42.5 Å². The first kappa shape index (κ1) is 15.9. The Kier molecular flexibility index (Phi) is 3.83. The number of sulfonamides is 1. The van der Waals surface area contributed by atoms with Gasteiger partial charge in [0.15, 0.2) is 0 Å². The topological polar surface area (TPSA) is 46.2 Å². The summed E-state index contributed by atoms with van der Waals surface area (Å²) in [5.74, 6) is 0. The molecule has 0 saturated heterocycles. The van der Waals surface area contributed by atoms with E-state index in [2.05, 4.69) is 4.72 Å². The second kappa shape index (κ2) is 5.56. The molecule has 2 aromatic carbocycles. The summed E-state index contributed by atoms with van der Waals surface area (Å²) in [6, 6.07) is 9.23. The SMILES string of the molecule is O=S(=O)(Nc1ccccc1C(F)(F)F)c1ccc2c(c1)CCC2. The molecular weight excluding hydrogens is 327 g/mol. The Bertz CT molecular complexity index is 845. The summed E-state index contributed by atoms with van der Waals surface area (Å²) in [4.78, 5) is -0.0184. The quantitative estimate of drug-likeness (QED) is 0.917. The number of hydrogen-bond donors (Lipinski definition) is 1. The van der Waals surface area contributed by atoms with Crippen molar-refractivity contribution in [3.63, 3.8) is 0 Å². The van der Waals surface area contributed by atoms with E-state index in [4.69, 9.17) is 0 Å². The van der Waals surface area contributed by atoms with Crippen LogP contribution in [0.1, 0.15) is 23.1 Å². The second-order valence-electron chi connectivity index (χ2n) is 5.43. The van der Waals surface area contributed by atoms with Gasteiger partial charge in [-0.2, -0.15) is 13.2 Å². The molecule has 23 heavy (non-hydrogen) atoms. The third-order valence-electron chi connectivity index (χ3n) is 3.86. The minimum absolute atomic E-state index is 0.0184. The first-order valence-electron chi connectivity index (χ1n) is 7.08. The van der Waals surface area contributed by atoms with E-state index >= 15 is 0 Å². The second-order valence-corrected chi connectivity index (χ2v) is 7.12. The van der Waals surface area contributed by atoms with Gasteiger partial charge < -0.3 is 0 Å². The zero-order valence-corrected chi connectivity index (χ0v) is 12.8. The van der Waals surface area contributed by atoms with Crippen molar-refractivity contribution in [2.75, 3.05) is 4.72 Å². The van der Waals surface area contributed by atoms with Crippen LogP contribution in [-0.2, 0) is 29.0 Å². The van der Waals surface area contributed by atoms with Gasteiger partial charge in [0.05, 0.1) is 16.1 Å². The van der Waals surface area contributed by atoms with Crippen LogP contribution in [0.25, 0.3) is 0 Å². The predicted molar refractivity (Wildman–Crippen MR) is 80.7 cm³/mol. The monoisotopic (exact) mass is 341 g/mol. The molecule has 7 heteroatoms. The first-order chi connectivity index (χ1) is 10.8. The molecule has 0 amide bonds. The Balaban J connectivity index is 1.97. The molecule has 0 atom stereocenters. The third-order valence-corrected chi connectivity index (χ3v) is 5.22. The zero-order chi connectivity index (χ0) is 16.7. The fraction of sp³-hybridized carbons (Fsp3) is 0.250. The van der Waals surface area contributed by atoms with E-state index in [0.29, 0.717) is 0 Å². The minimum Gasteiger partial charge on any atom is -0.279 e. The van der Waals surface area contributed by atoms with Gasteiger partial charge in [0.2, 0.25) is 0 Å². The Morgan fingerprint density at radius 1 is 0.957 bits per heavy atom. The van der Waals surface area contributed by atoms with E-state index < -0.39 is 27.5 Å². The number of nitrogens with one attached hydrogen (secondary N) is 1. The highest BCUT2D eigenvalue weighted by molar-refractivity contribution is 7.92. The summed E-state index contributed by atoms with van der Waals surface area (Å²) < 4.78 is 65.8. The summed E-state index contributed by atoms with van der Waals surface area (Å²) >= 11 is 0. The van der Waals surface area contributed by atoms with Gasteiger partial charge in [-0.25, -0.2) is 8.42 Å². The molecule has 0 unspecified atom stereocenters. The molecule has 1 aliphatic rings. The lowest BCUT2D eigenvalue weighted by molar-refractivity contribution is -0.136. The number of halogens is 3. The van der Waals surface area contributed by atoms with Crippen LogP contribution >= 0.6 is 0 Å². The molecule has 0 spiro atoms. The largest absolute Gasteiger partial charge is 0.418 e. The van der Waals surface area contributed by atoms with Crippen LogP contribution in [0.15, 0.2) is 47.4 Å². The van der Waals surface area contributed by atoms with E-state index in [-0.39, 0.29) is 4.90 Å². The fourth-order valence-electron chi connectivity index (χ4n) is 2.74. The van der Waals surface area contributed by atoms with Gasteiger partial charge in [-0.3, -0.25) is 4.72 Å². The molecule has 0 aliphatic heterocycles. The van der Waals surface area contributed by atoms with Crippen molar-refractivity contribution >= 4 is 15.7 Å². The number of hydrogen-bond acceptors (Lipinski definition) is 2. The zero-order valence-electron chi connectivity index (χ0n) is 12.0. The maximum absolute atomic E-state index is 13.0. The van der Waals surface area contributed by atoms with Crippen LogP contribution < -0.4 is 4.72 Å². The van der Waals surface area contributed by atoms with E-state index in [1.54, 1.807) is 12.1 Å². The number of para-hydroxylation sites is 1. The lowest BCUT2D eigenvalue weighted by Crippen LogP contribution is -2.17. The van der Waals surface area contributed by atoms with Gasteiger partial charge in [0, 0.05) is 0 Å². The van der Waals surface area contributed by atoms with Crippen LogP contribution in [0.5, 0.6) is 0 Å². The highest BCUT2D eigenvalue weighted by atomic mass is 32.2. The minimum atomic E-state index is -4.63. The highest BCUT2D eigenvalue weighted by Crippen LogP contribution is 2.35. The Hall–Kier alpha value is -2.02. The highest BCUT2D eigenvalue weighted by Gasteiger charge is 2.34. The summed E-state index contributed by atoms with van der Waals surface area (Å²) in [5, 5.41) is 0. The number of alkyl halides is 3. The van der Waals surface area contributed by atoms with Gasteiger partial charge in [-0.05, 0) is 54.7 Å². The van der Waals surface area contributed by atoms with Gasteiger partial charge >= 0.3 is 6.18 Å². The van der Waals surface area contributed by atoms with Gasteiger partial charge in [0.1, 0.15) is 0 Å². The van der Waals surface area contributed by atoms with Crippen LogP contribution in [-0.4, -0.2) is 8.42 Å². The van der Waals surface area contributed by atoms with Crippen molar-refractivity contribution in [3.05, 3.63) is 59.2 Å². The average molecular weight is 341 g/mol. The van der Waals surface area contributed by atoms with Crippen LogP contribution in [0.2, 0.25) is 0 Å². The third kappa shape index (κ3) is 3.19. The number of anilines is 1. The molecule has 0 aromatic heterocycles. The Morgan fingerprint density at radius 3 is 2.39 bits per heavy atom. The van der Waals surface area contributed by atoms with Gasteiger partial charge in [-0.1, -0.05) is 18.2 Å². The van der Waals surface area contributed by atoms with Crippen molar-refractivity contribution in [2.45, 2.75) is 30.3 Å². The Labute approximate surface area is 132 Å². The van der Waals surface area contributed by atoms with Crippen LogP contribution in [0.4, 0.5) is 18.9 Å². The number of benzene rings is 2. The van der Waals surface area contributed by atoms with Crippen LogP contribution in [0, 0.1) is 0 Å². The van der Waals surface area contributed by atoms with Crippen molar-refractivity contribution in [2.24, 2.45) is 0 Å². The van der Waals surface area contributed by atoms with E-state index in [1.165, 1.54) is 18.2 Å².